The first-order valence-electron chi connectivity index (χ1n) is 10.8. The monoisotopic (exact) mass is 476 g/mol. The molecule has 1 fully saturated rings. The second kappa shape index (κ2) is 10.2. The second-order valence-electron chi connectivity index (χ2n) is 8.69. The summed E-state index contributed by atoms with van der Waals surface area (Å²) in [6.45, 7) is 4.19. The highest BCUT2D eigenvalue weighted by Gasteiger charge is 2.52. The van der Waals surface area contributed by atoms with Crippen LogP contribution in [0.2, 0.25) is 10.0 Å². The number of methoxy groups -OCH3 is 1. The first kappa shape index (κ1) is 24.6. The predicted octanol–water partition coefficient (Wildman–Crippen LogP) is 5.36. The normalized spacial score (nSPS) is 24.3. The highest BCUT2D eigenvalue weighted by atomic mass is 35.5. The molecule has 0 saturated carbocycles. The van der Waals surface area contributed by atoms with Crippen LogP contribution in [0.25, 0.3) is 0 Å². The molecular weight excluding hydrogens is 447 g/mol. The zero-order valence-electron chi connectivity index (χ0n) is 18.7. The summed E-state index contributed by atoms with van der Waals surface area (Å²) in [4.78, 5) is 28.1. The molecule has 0 radical (unpaired) electrons. The predicted molar refractivity (Wildman–Crippen MR) is 128 cm³/mol. The van der Waals surface area contributed by atoms with Gasteiger partial charge in [-0.2, -0.15) is 0 Å². The summed E-state index contributed by atoms with van der Waals surface area (Å²) in [6, 6.07) is 14.8. The van der Waals surface area contributed by atoms with Crippen molar-refractivity contribution in [2.45, 2.75) is 51.1 Å². The zero-order chi connectivity index (χ0) is 23.5. The summed E-state index contributed by atoms with van der Waals surface area (Å²) in [5, 5.41) is 1.25. The van der Waals surface area contributed by atoms with E-state index in [0.29, 0.717) is 29.4 Å². The van der Waals surface area contributed by atoms with Crippen molar-refractivity contribution in [2.24, 2.45) is 11.1 Å². The first-order chi connectivity index (χ1) is 15.2. The zero-order valence-corrected chi connectivity index (χ0v) is 20.2. The number of rotatable bonds is 7. The van der Waals surface area contributed by atoms with Gasteiger partial charge < -0.3 is 15.4 Å². The number of likely N-dealkylation sites (tertiary alicyclic amines) is 1. The van der Waals surface area contributed by atoms with E-state index in [1.54, 1.807) is 0 Å². The minimum atomic E-state index is -0.925. The van der Waals surface area contributed by atoms with Crippen LogP contribution in [0.3, 0.4) is 0 Å². The Kier molecular flexibility index (Phi) is 7.86. The maximum absolute atomic E-state index is 14.0. The van der Waals surface area contributed by atoms with Gasteiger partial charge in [-0.15, -0.1) is 0 Å². The van der Waals surface area contributed by atoms with Crippen molar-refractivity contribution >= 4 is 35.1 Å². The molecule has 172 valence electrons. The number of nitrogens with two attached hydrogens (primary N) is 1. The van der Waals surface area contributed by atoms with E-state index in [9.17, 15) is 9.59 Å². The highest BCUT2D eigenvalue weighted by molar-refractivity contribution is 6.30. The van der Waals surface area contributed by atoms with Gasteiger partial charge in [0.1, 0.15) is 0 Å². The molecule has 1 saturated heterocycles. The van der Waals surface area contributed by atoms with Crippen LogP contribution in [-0.2, 0) is 14.3 Å². The number of carbonyl (C=O) groups excluding carboxylic acids is 2. The van der Waals surface area contributed by atoms with Gasteiger partial charge >= 0.3 is 5.97 Å². The van der Waals surface area contributed by atoms with Gasteiger partial charge in [-0.05, 0) is 48.2 Å². The van der Waals surface area contributed by atoms with Crippen molar-refractivity contribution in [1.29, 1.82) is 0 Å². The molecule has 2 aromatic rings. The van der Waals surface area contributed by atoms with Crippen LogP contribution in [0.4, 0.5) is 0 Å². The van der Waals surface area contributed by atoms with Crippen LogP contribution in [0.5, 0.6) is 0 Å². The van der Waals surface area contributed by atoms with E-state index in [0.717, 1.165) is 11.1 Å². The topological polar surface area (TPSA) is 72.6 Å². The Morgan fingerprint density at radius 2 is 1.88 bits per heavy atom. The number of hydrogen-bond donors (Lipinski definition) is 1. The molecule has 5 nitrogen and oxygen atoms in total. The number of ether oxygens (including phenoxy) is 1. The molecule has 1 aliphatic rings. The van der Waals surface area contributed by atoms with E-state index < -0.39 is 11.4 Å². The Hall–Kier alpha value is -2.08. The molecule has 3 rings (SSSR count). The fourth-order valence-electron chi connectivity index (χ4n) is 4.81. The lowest BCUT2D eigenvalue weighted by molar-refractivity contribution is -0.161. The van der Waals surface area contributed by atoms with Gasteiger partial charge in [0.15, 0.2) is 0 Å². The fraction of sp³-hybridized carbons (Fsp3) is 0.440. The third-order valence-corrected chi connectivity index (χ3v) is 6.98. The molecule has 1 heterocycles. The summed E-state index contributed by atoms with van der Waals surface area (Å²) in [5.41, 5.74) is 7.20. The lowest BCUT2D eigenvalue weighted by Crippen LogP contribution is -2.57. The van der Waals surface area contributed by atoms with Crippen LogP contribution < -0.4 is 5.73 Å². The van der Waals surface area contributed by atoms with E-state index in [4.69, 9.17) is 33.7 Å². The molecular formula is C25H30Cl2N2O3. The molecule has 0 aromatic heterocycles. The number of halogens is 2. The lowest BCUT2D eigenvalue weighted by Gasteiger charge is -2.51. The number of esters is 1. The smallest absolute Gasteiger partial charge is 0.306 e. The van der Waals surface area contributed by atoms with Gasteiger partial charge in [-0.25, -0.2) is 0 Å². The van der Waals surface area contributed by atoms with E-state index >= 15 is 0 Å². The number of piperidine rings is 1. The van der Waals surface area contributed by atoms with Gasteiger partial charge in [0.2, 0.25) is 5.91 Å². The van der Waals surface area contributed by atoms with Crippen LogP contribution in [-0.4, -0.2) is 36.5 Å². The fourth-order valence-corrected chi connectivity index (χ4v) is 5.14. The Morgan fingerprint density at radius 3 is 2.44 bits per heavy atom. The molecule has 0 bridgehead atoms. The van der Waals surface area contributed by atoms with Gasteiger partial charge in [-0.3, -0.25) is 9.59 Å². The Labute approximate surface area is 199 Å². The van der Waals surface area contributed by atoms with Crippen molar-refractivity contribution in [3.05, 3.63) is 69.7 Å². The summed E-state index contributed by atoms with van der Waals surface area (Å²) in [6.07, 6.45) is 1.18. The van der Waals surface area contributed by atoms with Crippen molar-refractivity contribution in [3.63, 3.8) is 0 Å². The minimum absolute atomic E-state index is 0.00421. The maximum Gasteiger partial charge on any atom is 0.306 e. The van der Waals surface area contributed by atoms with E-state index in [1.165, 1.54) is 7.11 Å². The quantitative estimate of drug-likeness (QED) is 0.546. The molecule has 7 heteroatoms. The van der Waals surface area contributed by atoms with Crippen molar-refractivity contribution in [1.82, 2.24) is 4.90 Å². The molecule has 1 aliphatic heterocycles. The van der Waals surface area contributed by atoms with E-state index in [2.05, 4.69) is 0 Å². The number of hydrogen-bond acceptors (Lipinski definition) is 4. The van der Waals surface area contributed by atoms with Crippen molar-refractivity contribution < 1.29 is 14.3 Å². The van der Waals surface area contributed by atoms with Gasteiger partial charge in [-0.1, -0.05) is 61.3 Å². The summed E-state index contributed by atoms with van der Waals surface area (Å²) < 4.78 is 4.93. The van der Waals surface area contributed by atoms with Gasteiger partial charge in [0.05, 0.1) is 25.0 Å². The number of benzene rings is 2. The third kappa shape index (κ3) is 4.95. The number of carbonyl (C=O) groups is 2. The third-order valence-electron chi connectivity index (χ3n) is 6.49. The summed E-state index contributed by atoms with van der Waals surface area (Å²) >= 11 is 12.5. The lowest BCUT2D eigenvalue weighted by atomic mass is 9.67. The first-order valence-corrected chi connectivity index (χ1v) is 11.6. The van der Waals surface area contributed by atoms with Crippen LogP contribution >= 0.6 is 23.2 Å². The molecule has 32 heavy (non-hydrogen) atoms. The molecule has 0 spiro atoms. The summed E-state index contributed by atoms with van der Waals surface area (Å²) in [7, 11) is 1.34. The molecule has 2 N–H and O–H groups in total. The van der Waals surface area contributed by atoms with Crippen LogP contribution in [0.15, 0.2) is 48.5 Å². The van der Waals surface area contributed by atoms with Crippen LogP contribution in [0, 0.1) is 5.41 Å². The molecule has 0 aliphatic carbocycles. The van der Waals surface area contributed by atoms with E-state index in [-0.39, 0.29) is 30.3 Å². The Morgan fingerprint density at radius 1 is 1.19 bits per heavy atom. The van der Waals surface area contributed by atoms with Gasteiger partial charge in [0.25, 0.3) is 0 Å². The Bertz CT molecular complexity index is 962. The number of nitrogens with zero attached hydrogens (tertiary/aromatic N) is 1. The minimum Gasteiger partial charge on any atom is -0.469 e. The highest BCUT2D eigenvalue weighted by Crippen LogP contribution is 2.52. The Balaban J connectivity index is 2.21. The average Bonchev–Trinajstić information content (AvgIpc) is 2.78. The molecule has 4 atom stereocenters. The average molecular weight is 477 g/mol. The standard InChI is InChI=1S/C25H30Cl2N2O3/c1-4-20(15-28)29-23(16-8-10-18(26)11-9-16)21(17-6-5-7-19(27)12-17)13-25(2,24(29)31)14-22(30)32-3/h5-12,20-21,23H,4,13-15,28H2,1-3H3/t20-,21+,23+,25-/m0/s1. The summed E-state index contributed by atoms with van der Waals surface area (Å²) in [5.74, 6) is -0.586. The van der Waals surface area contributed by atoms with Crippen molar-refractivity contribution in [2.75, 3.05) is 13.7 Å². The van der Waals surface area contributed by atoms with Gasteiger partial charge in [0, 0.05) is 28.5 Å². The maximum atomic E-state index is 14.0. The van der Waals surface area contributed by atoms with Crippen LogP contribution in [0.1, 0.15) is 56.2 Å². The largest absolute Gasteiger partial charge is 0.469 e. The number of amides is 1. The molecule has 2 aromatic carbocycles. The molecule has 0 unspecified atom stereocenters. The van der Waals surface area contributed by atoms with E-state index in [1.807, 2.05) is 67.3 Å². The second-order valence-corrected chi connectivity index (χ2v) is 9.56. The SMILES string of the molecule is CC[C@@H](CN)N1C(=O)[C@](C)(CC(=O)OC)C[C@H](c2cccc(Cl)c2)[C@H]1c1ccc(Cl)cc1. The molecule has 1 amide bonds. The van der Waals surface area contributed by atoms with Crippen molar-refractivity contribution in [3.8, 4) is 0 Å².